The third-order valence-corrected chi connectivity index (χ3v) is 8.57. The molecule has 2 bridgehead atoms. The van der Waals surface area contributed by atoms with Gasteiger partial charge in [-0.05, 0) is 42.7 Å². The molecule has 1 saturated heterocycles. The largest absolute Gasteiger partial charge is 0.458 e. The van der Waals surface area contributed by atoms with Crippen molar-refractivity contribution in [2.75, 3.05) is 0 Å². The van der Waals surface area contributed by atoms with Gasteiger partial charge in [-0.2, -0.15) is 0 Å². The smallest absolute Gasteiger partial charge is 0.317 e. The number of carbonyl (C=O) groups excluding carboxylic acids is 3. The van der Waals surface area contributed by atoms with Crippen molar-refractivity contribution in [1.29, 1.82) is 0 Å². The van der Waals surface area contributed by atoms with E-state index >= 15 is 0 Å². The van der Waals surface area contributed by atoms with Gasteiger partial charge in [0.1, 0.15) is 23.0 Å². The Hall–Kier alpha value is -1.75. The molecule has 0 amide bonds. The molecule has 1 N–H and O–H groups in total. The molecule has 0 aromatic heterocycles. The van der Waals surface area contributed by atoms with Gasteiger partial charge >= 0.3 is 5.97 Å². The number of hydrogen-bond acceptors (Lipinski definition) is 5. The van der Waals surface area contributed by atoms with Crippen molar-refractivity contribution in [3.05, 3.63) is 22.8 Å². The number of fused-ring (bicyclic) bond motifs is 2. The highest BCUT2D eigenvalue weighted by Crippen LogP contribution is 2.71. The molecule has 1 saturated carbocycles. The van der Waals surface area contributed by atoms with Crippen molar-refractivity contribution in [1.82, 2.24) is 0 Å². The minimum absolute atomic E-state index is 0.177. The van der Waals surface area contributed by atoms with E-state index in [2.05, 4.69) is 13.8 Å². The summed E-state index contributed by atoms with van der Waals surface area (Å²) in [5.41, 5.74) is -0.606. The third-order valence-electron chi connectivity index (χ3n) is 8.57. The molecule has 150 valence electrons. The van der Waals surface area contributed by atoms with Crippen molar-refractivity contribution in [3.8, 4) is 0 Å². The molecule has 0 spiro atoms. The zero-order chi connectivity index (χ0) is 20.4. The Morgan fingerprint density at radius 1 is 1.18 bits per heavy atom. The quantitative estimate of drug-likeness (QED) is 0.555. The number of ether oxygens (including phenoxy) is 1. The van der Waals surface area contributed by atoms with Crippen LogP contribution in [-0.4, -0.2) is 34.9 Å². The van der Waals surface area contributed by atoms with Crippen molar-refractivity contribution in [2.24, 2.45) is 34.0 Å². The molecule has 6 atom stereocenters. The fourth-order valence-electron chi connectivity index (χ4n) is 7.64. The van der Waals surface area contributed by atoms with Crippen molar-refractivity contribution in [3.63, 3.8) is 0 Å². The minimum atomic E-state index is -1.21. The minimum Gasteiger partial charge on any atom is -0.458 e. The first-order chi connectivity index (χ1) is 13.0. The van der Waals surface area contributed by atoms with Gasteiger partial charge in [0.2, 0.25) is 0 Å². The average molecular weight is 384 g/mol. The molecule has 1 heterocycles. The molecule has 4 aliphatic carbocycles. The van der Waals surface area contributed by atoms with E-state index in [9.17, 15) is 19.5 Å². The van der Waals surface area contributed by atoms with Gasteiger partial charge in [0.05, 0.1) is 0 Å². The van der Waals surface area contributed by atoms with Gasteiger partial charge in [0.25, 0.3) is 0 Å². The van der Waals surface area contributed by atoms with Gasteiger partial charge in [0.15, 0.2) is 11.6 Å². The lowest BCUT2D eigenvalue weighted by molar-refractivity contribution is -0.151. The summed E-state index contributed by atoms with van der Waals surface area (Å²) in [6.07, 6.45) is 2.21. The summed E-state index contributed by atoms with van der Waals surface area (Å²) < 4.78 is 5.77. The Bertz CT molecular complexity index is 906. The number of allylic oxidation sites excluding steroid dienone is 2. The summed E-state index contributed by atoms with van der Waals surface area (Å²) in [5.74, 6) is -1.69. The number of rotatable bonds is 1. The number of esters is 1. The van der Waals surface area contributed by atoms with E-state index < -0.39 is 29.0 Å². The van der Waals surface area contributed by atoms with Crippen LogP contribution in [0.15, 0.2) is 22.8 Å². The van der Waals surface area contributed by atoms with E-state index in [1.165, 1.54) is 0 Å². The molecule has 28 heavy (non-hydrogen) atoms. The van der Waals surface area contributed by atoms with E-state index in [0.29, 0.717) is 17.6 Å². The van der Waals surface area contributed by atoms with Crippen LogP contribution in [-0.2, 0) is 19.1 Å². The first-order valence-corrected chi connectivity index (χ1v) is 10.4. The Kier molecular flexibility index (Phi) is 3.30. The first kappa shape index (κ1) is 18.3. The molecule has 0 radical (unpaired) electrons. The van der Waals surface area contributed by atoms with Crippen molar-refractivity contribution in [2.45, 2.75) is 66.1 Å². The molecular formula is C23H28O5. The van der Waals surface area contributed by atoms with Crippen molar-refractivity contribution >= 4 is 17.5 Å². The topological polar surface area (TPSA) is 80.7 Å². The summed E-state index contributed by atoms with van der Waals surface area (Å²) in [6, 6.07) is 0. The zero-order valence-electron chi connectivity index (χ0n) is 17.2. The van der Waals surface area contributed by atoms with Crippen LogP contribution in [0.1, 0.15) is 53.9 Å². The van der Waals surface area contributed by atoms with E-state index in [-0.39, 0.29) is 34.8 Å². The van der Waals surface area contributed by atoms with Gasteiger partial charge in [-0.1, -0.05) is 39.7 Å². The second-order valence-corrected chi connectivity index (χ2v) is 10.5. The molecule has 0 aromatic carbocycles. The second kappa shape index (κ2) is 5.05. The molecular weight excluding hydrogens is 356 g/mol. The van der Waals surface area contributed by atoms with E-state index in [1.54, 1.807) is 6.08 Å². The maximum atomic E-state index is 14.0. The van der Waals surface area contributed by atoms with Gasteiger partial charge in [0, 0.05) is 17.4 Å². The number of carbonyl (C=O) groups is 3. The summed E-state index contributed by atoms with van der Waals surface area (Å²) in [5, 5.41) is 11.4. The molecule has 1 aliphatic heterocycles. The van der Waals surface area contributed by atoms with Gasteiger partial charge in [-0.3, -0.25) is 14.4 Å². The standard InChI is InChI=1S/C23H28O5/c1-10(2)23-12(24)9-11(3)14(23)13-15(19(23)26)22-8-6-7-21(4,5)18(22)17(16(13)25)28-20(22)27/h9-10,14,16-18,25H,6-8H2,1-5H3/t14-,16+,17+,18+,22+,23-/m1/s1. The number of hydrogen-bond donors (Lipinski definition) is 1. The Balaban J connectivity index is 1.83. The highest BCUT2D eigenvalue weighted by Gasteiger charge is 2.77. The number of aliphatic hydroxyl groups is 1. The molecule has 2 fully saturated rings. The number of aliphatic hydroxyl groups excluding tert-OH is 1. The number of ketones is 2. The maximum absolute atomic E-state index is 14.0. The average Bonchev–Trinajstić information content (AvgIpc) is 3.13. The Morgan fingerprint density at radius 2 is 1.86 bits per heavy atom. The van der Waals surface area contributed by atoms with Crippen LogP contribution in [0.2, 0.25) is 0 Å². The normalized spacial score (nSPS) is 45.8. The predicted octanol–water partition coefficient (Wildman–Crippen LogP) is 2.77. The van der Waals surface area contributed by atoms with E-state index in [1.807, 2.05) is 20.8 Å². The molecule has 5 rings (SSSR count). The van der Waals surface area contributed by atoms with Gasteiger partial charge < -0.3 is 9.84 Å². The maximum Gasteiger partial charge on any atom is 0.317 e. The molecule has 0 unspecified atom stereocenters. The lowest BCUT2D eigenvalue weighted by atomic mass is 9.49. The lowest BCUT2D eigenvalue weighted by Crippen LogP contribution is -2.55. The molecule has 5 aliphatic rings. The lowest BCUT2D eigenvalue weighted by Gasteiger charge is -2.51. The van der Waals surface area contributed by atoms with E-state index in [0.717, 1.165) is 18.4 Å². The fourth-order valence-corrected chi connectivity index (χ4v) is 7.64. The summed E-state index contributed by atoms with van der Waals surface area (Å²) in [7, 11) is 0. The monoisotopic (exact) mass is 384 g/mol. The van der Waals surface area contributed by atoms with Crippen LogP contribution >= 0.6 is 0 Å². The van der Waals surface area contributed by atoms with Crippen LogP contribution in [0.4, 0.5) is 0 Å². The first-order valence-electron chi connectivity index (χ1n) is 10.4. The molecule has 0 aromatic rings. The zero-order valence-corrected chi connectivity index (χ0v) is 17.2. The third kappa shape index (κ3) is 1.61. The summed E-state index contributed by atoms with van der Waals surface area (Å²) in [6.45, 7) is 9.87. The SMILES string of the molecule is CC1=CC(=O)[C@@]2(C(C)C)C(=O)C3=C([C@@H]12)[C@H](O)[C@@H]1OC(=O)[C@@]32CCCC(C)(C)[C@H]12. The molecule has 5 nitrogen and oxygen atoms in total. The Labute approximate surface area is 165 Å². The van der Waals surface area contributed by atoms with Crippen LogP contribution in [0.3, 0.4) is 0 Å². The summed E-state index contributed by atoms with van der Waals surface area (Å²) in [4.78, 5) is 40.5. The fraction of sp³-hybridized carbons (Fsp3) is 0.696. The van der Waals surface area contributed by atoms with Crippen LogP contribution < -0.4 is 0 Å². The van der Waals surface area contributed by atoms with Gasteiger partial charge in [-0.15, -0.1) is 0 Å². The summed E-state index contributed by atoms with van der Waals surface area (Å²) >= 11 is 0. The highest BCUT2D eigenvalue weighted by atomic mass is 16.6. The van der Waals surface area contributed by atoms with Gasteiger partial charge in [-0.25, -0.2) is 0 Å². The molecule has 5 heteroatoms. The highest BCUT2D eigenvalue weighted by molar-refractivity contribution is 6.25. The second-order valence-electron chi connectivity index (χ2n) is 10.5. The van der Waals surface area contributed by atoms with Crippen molar-refractivity contribution < 1.29 is 24.2 Å². The number of Topliss-reactive ketones (excluding diaryl/α,β-unsaturated/α-hetero) is 1. The van der Waals surface area contributed by atoms with Crippen LogP contribution in [0.5, 0.6) is 0 Å². The Morgan fingerprint density at radius 3 is 2.50 bits per heavy atom. The van der Waals surface area contributed by atoms with Crippen LogP contribution in [0.25, 0.3) is 0 Å². The predicted molar refractivity (Wildman–Crippen MR) is 101 cm³/mol. The van der Waals surface area contributed by atoms with Crippen LogP contribution in [0, 0.1) is 34.0 Å². The van der Waals surface area contributed by atoms with E-state index in [4.69, 9.17) is 4.74 Å².